The average molecular weight is 275 g/mol. The molecule has 0 aromatic heterocycles. The van der Waals surface area contributed by atoms with Crippen molar-refractivity contribution in [2.75, 3.05) is 7.11 Å². The first-order valence-corrected chi connectivity index (χ1v) is 4.89. The number of Topliss-reactive ketones (excluding diaryl/α,β-unsaturated/α-hetero) is 1. The zero-order chi connectivity index (χ0) is 11.4. The maximum absolute atomic E-state index is 13.0. The van der Waals surface area contributed by atoms with Crippen LogP contribution >= 0.6 is 15.9 Å². The molecule has 0 aliphatic carbocycles. The highest BCUT2D eigenvalue weighted by Gasteiger charge is 2.16. The minimum Gasteiger partial charge on any atom is -0.463 e. The molecule has 0 atom stereocenters. The molecule has 80 valence electrons. The van der Waals surface area contributed by atoms with Gasteiger partial charge in [-0.1, -0.05) is 12.1 Å². The summed E-state index contributed by atoms with van der Waals surface area (Å²) in [4.78, 5) is 22.0. The Hall–Kier alpha value is -1.23. The van der Waals surface area contributed by atoms with E-state index in [9.17, 15) is 14.0 Å². The SMILES string of the molecule is COC(=O)C(=O)Cc1cccc(F)c1Br. The standard InChI is InChI=1S/C10H8BrFO3/c1-15-10(14)8(13)5-6-3-2-4-7(12)9(6)11/h2-4H,5H2,1H3. The van der Waals surface area contributed by atoms with E-state index in [1.54, 1.807) is 6.07 Å². The summed E-state index contributed by atoms with van der Waals surface area (Å²) in [7, 11) is 1.13. The number of rotatable bonds is 3. The number of carbonyl (C=O) groups is 2. The van der Waals surface area contributed by atoms with Crippen LogP contribution in [0.3, 0.4) is 0 Å². The van der Waals surface area contributed by atoms with Crippen molar-refractivity contribution in [3.05, 3.63) is 34.1 Å². The largest absolute Gasteiger partial charge is 0.463 e. The van der Waals surface area contributed by atoms with Gasteiger partial charge in [-0.2, -0.15) is 0 Å². The van der Waals surface area contributed by atoms with Crippen LogP contribution in [0.2, 0.25) is 0 Å². The van der Waals surface area contributed by atoms with E-state index in [1.807, 2.05) is 0 Å². The van der Waals surface area contributed by atoms with Gasteiger partial charge in [0.1, 0.15) is 5.82 Å². The summed E-state index contributed by atoms with van der Waals surface area (Å²) < 4.78 is 17.5. The summed E-state index contributed by atoms with van der Waals surface area (Å²) in [6, 6.07) is 4.30. The van der Waals surface area contributed by atoms with Crippen LogP contribution in [0.4, 0.5) is 4.39 Å². The quantitative estimate of drug-likeness (QED) is 0.624. The predicted molar refractivity (Wildman–Crippen MR) is 54.8 cm³/mol. The number of halogens is 2. The lowest BCUT2D eigenvalue weighted by Crippen LogP contribution is -2.18. The van der Waals surface area contributed by atoms with Crippen LogP contribution < -0.4 is 0 Å². The average Bonchev–Trinajstić information content (AvgIpc) is 2.23. The summed E-state index contributed by atoms with van der Waals surface area (Å²) in [5.74, 6) is -2.10. The molecule has 0 heterocycles. The highest BCUT2D eigenvalue weighted by Crippen LogP contribution is 2.20. The third-order valence-corrected chi connectivity index (χ3v) is 2.68. The molecule has 1 aromatic rings. The molecule has 0 amide bonds. The van der Waals surface area contributed by atoms with Crippen molar-refractivity contribution >= 4 is 27.7 Å². The Morgan fingerprint density at radius 1 is 1.47 bits per heavy atom. The highest BCUT2D eigenvalue weighted by molar-refractivity contribution is 9.10. The van der Waals surface area contributed by atoms with E-state index in [0.29, 0.717) is 5.56 Å². The van der Waals surface area contributed by atoms with Crippen molar-refractivity contribution in [1.29, 1.82) is 0 Å². The molecule has 0 saturated carbocycles. The number of carbonyl (C=O) groups excluding carboxylic acids is 2. The van der Waals surface area contributed by atoms with Gasteiger partial charge in [0, 0.05) is 6.42 Å². The number of esters is 1. The summed E-state index contributed by atoms with van der Waals surface area (Å²) >= 11 is 3.00. The van der Waals surface area contributed by atoms with Gasteiger partial charge in [0.25, 0.3) is 0 Å². The fourth-order valence-electron chi connectivity index (χ4n) is 1.04. The fourth-order valence-corrected chi connectivity index (χ4v) is 1.45. The second-order valence-electron chi connectivity index (χ2n) is 2.80. The van der Waals surface area contributed by atoms with E-state index in [-0.39, 0.29) is 10.9 Å². The molecule has 0 aliphatic heterocycles. The molecule has 0 saturated heterocycles. The lowest BCUT2D eigenvalue weighted by Gasteiger charge is -2.03. The smallest absolute Gasteiger partial charge is 0.374 e. The lowest BCUT2D eigenvalue weighted by molar-refractivity contribution is -0.151. The second-order valence-corrected chi connectivity index (χ2v) is 3.60. The maximum atomic E-state index is 13.0. The molecular weight excluding hydrogens is 267 g/mol. The first-order valence-electron chi connectivity index (χ1n) is 4.10. The van der Waals surface area contributed by atoms with E-state index in [1.165, 1.54) is 12.1 Å². The fraction of sp³-hybridized carbons (Fsp3) is 0.200. The van der Waals surface area contributed by atoms with Crippen LogP contribution in [0.15, 0.2) is 22.7 Å². The Bertz CT molecular complexity index is 404. The first-order chi connectivity index (χ1) is 7.06. The summed E-state index contributed by atoms with van der Waals surface area (Å²) in [5, 5.41) is 0. The molecule has 15 heavy (non-hydrogen) atoms. The van der Waals surface area contributed by atoms with Crippen molar-refractivity contribution in [3.63, 3.8) is 0 Å². The Morgan fingerprint density at radius 3 is 2.73 bits per heavy atom. The maximum Gasteiger partial charge on any atom is 0.374 e. The number of ketones is 1. The van der Waals surface area contributed by atoms with Crippen molar-refractivity contribution in [2.24, 2.45) is 0 Å². The monoisotopic (exact) mass is 274 g/mol. The first kappa shape index (κ1) is 11.8. The van der Waals surface area contributed by atoms with Crippen LogP contribution in [-0.2, 0) is 20.7 Å². The predicted octanol–water partition coefficient (Wildman–Crippen LogP) is 1.87. The van der Waals surface area contributed by atoms with Crippen molar-refractivity contribution in [3.8, 4) is 0 Å². The van der Waals surface area contributed by atoms with E-state index in [0.717, 1.165) is 7.11 Å². The summed E-state index contributed by atoms with van der Waals surface area (Å²) in [6.07, 6.45) is -0.176. The number of benzene rings is 1. The normalized spacial score (nSPS) is 9.80. The van der Waals surface area contributed by atoms with Crippen LogP contribution in [0.1, 0.15) is 5.56 Å². The van der Waals surface area contributed by atoms with Crippen LogP contribution in [0, 0.1) is 5.82 Å². The van der Waals surface area contributed by atoms with Gasteiger partial charge in [-0.05, 0) is 27.6 Å². The number of hydrogen-bond acceptors (Lipinski definition) is 3. The molecule has 0 spiro atoms. The minimum absolute atomic E-state index is 0.176. The summed E-state index contributed by atoms with van der Waals surface area (Å²) in [6.45, 7) is 0. The van der Waals surface area contributed by atoms with Gasteiger partial charge in [0.05, 0.1) is 11.6 Å². The van der Waals surface area contributed by atoms with Gasteiger partial charge in [0.15, 0.2) is 0 Å². The Morgan fingerprint density at radius 2 is 2.13 bits per heavy atom. The van der Waals surface area contributed by atoms with Gasteiger partial charge in [-0.15, -0.1) is 0 Å². The van der Waals surface area contributed by atoms with Crippen molar-refractivity contribution in [2.45, 2.75) is 6.42 Å². The zero-order valence-corrected chi connectivity index (χ0v) is 9.51. The number of ether oxygens (including phenoxy) is 1. The second kappa shape index (κ2) is 5.02. The van der Waals surface area contributed by atoms with Crippen LogP contribution in [-0.4, -0.2) is 18.9 Å². The molecule has 0 unspecified atom stereocenters. The summed E-state index contributed by atoms with van der Waals surface area (Å²) in [5.41, 5.74) is 0.422. The van der Waals surface area contributed by atoms with Gasteiger partial charge < -0.3 is 4.74 Å². The van der Waals surface area contributed by atoms with Crippen LogP contribution in [0.5, 0.6) is 0 Å². The van der Waals surface area contributed by atoms with E-state index < -0.39 is 17.6 Å². The molecule has 5 heteroatoms. The van der Waals surface area contributed by atoms with Gasteiger partial charge in [-0.25, -0.2) is 9.18 Å². The highest BCUT2D eigenvalue weighted by atomic mass is 79.9. The third-order valence-electron chi connectivity index (χ3n) is 1.80. The molecule has 0 bridgehead atoms. The molecular formula is C10H8BrFO3. The minimum atomic E-state index is -0.925. The third kappa shape index (κ3) is 2.86. The molecule has 0 aliphatic rings. The van der Waals surface area contributed by atoms with Crippen molar-refractivity contribution < 1.29 is 18.7 Å². The molecule has 0 N–H and O–H groups in total. The molecule has 1 aromatic carbocycles. The van der Waals surface area contributed by atoms with Crippen molar-refractivity contribution in [1.82, 2.24) is 0 Å². The number of methoxy groups -OCH3 is 1. The lowest BCUT2D eigenvalue weighted by atomic mass is 10.1. The van der Waals surface area contributed by atoms with E-state index in [4.69, 9.17) is 0 Å². The van der Waals surface area contributed by atoms with Crippen LogP contribution in [0.25, 0.3) is 0 Å². The molecule has 0 radical (unpaired) electrons. The Kier molecular flexibility index (Phi) is 3.96. The number of hydrogen-bond donors (Lipinski definition) is 0. The van der Waals surface area contributed by atoms with E-state index >= 15 is 0 Å². The molecule has 3 nitrogen and oxygen atoms in total. The topological polar surface area (TPSA) is 43.4 Å². The Balaban J connectivity index is 2.86. The molecule has 1 rings (SSSR count). The zero-order valence-electron chi connectivity index (χ0n) is 7.92. The van der Waals surface area contributed by atoms with Gasteiger partial charge >= 0.3 is 5.97 Å². The van der Waals surface area contributed by atoms with Gasteiger partial charge in [0.2, 0.25) is 5.78 Å². The Labute approximate surface area is 94.4 Å². The van der Waals surface area contributed by atoms with Gasteiger partial charge in [-0.3, -0.25) is 4.79 Å². The molecule has 0 fully saturated rings. The van der Waals surface area contributed by atoms with E-state index in [2.05, 4.69) is 20.7 Å².